The maximum absolute atomic E-state index is 6.86. The fourth-order valence-corrected chi connectivity index (χ4v) is 8.75. The summed E-state index contributed by atoms with van der Waals surface area (Å²) in [5.41, 5.74) is 15.0. The lowest BCUT2D eigenvalue weighted by Crippen LogP contribution is -2.22. The number of hydrogen-bond acceptors (Lipinski definition) is 3. The summed E-state index contributed by atoms with van der Waals surface area (Å²) in [5.74, 6) is 0. The van der Waals surface area contributed by atoms with Gasteiger partial charge in [0.1, 0.15) is 16.7 Å². The van der Waals surface area contributed by atoms with E-state index in [0.717, 1.165) is 60.9 Å². The molecule has 0 aliphatic heterocycles. The number of rotatable bonds is 5. The van der Waals surface area contributed by atoms with Gasteiger partial charge in [-0.2, -0.15) is 0 Å². The number of hydrogen-bond donors (Lipinski definition) is 0. The molecule has 0 bridgehead atoms. The summed E-state index contributed by atoms with van der Waals surface area (Å²) in [6, 6.07) is 64.9. The number of para-hydroxylation sites is 2. The molecule has 0 atom stereocenters. The van der Waals surface area contributed by atoms with Gasteiger partial charge in [0.05, 0.1) is 11.4 Å². The van der Waals surface area contributed by atoms with Crippen LogP contribution in [0.25, 0.3) is 66.1 Å². The first-order chi connectivity index (χ1) is 26.1. The van der Waals surface area contributed by atoms with Gasteiger partial charge in [0, 0.05) is 38.7 Å². The Labute approximate surface area is 307 Å². The Morgan fingerprint density at radius 1 is 0.415 bits per heavy atom. The fourth-order valence-electron chi connectivity index (χ4n) is 8.75. The predicted octanol–water partition coefficient (Wildman–Crippen LogP) is 14.0. The third-order valence-corrected chi connectivity index (χ3v) is 11.4. The van der Waals surface area contributed by atoms with E-state index in [2.05, 4.69) is 182 Å². The van der Waals surface area contributed by atoms with Crippen molar-refractivity contribution in [3.63, 3.8) is 0 Å². The topological polar surface area (TPSA) is 29.5 Å². The van der Waals surface area contributed by atoms with Crippen molar-refractivity contribution in [2.75, 3.05) is 4.90 Å². The van der Waals surface area contributed by atoms with Gasteiger partial charge in [-0.3, -0.25) is 0 Å². The van der Waals surface area contributed by atoms with E-state index in [1.54, 1.807) is 0 Å². The van der Waals surface area contributed by atoms with Crippen molar-refractivity contribution in [2.24, 2.45) is 0 Å². The summed E-state index contributed by atoms with van der Waals surface area (Å²) in [7, 11) is 0. The quantitative estimate of drug-likeness (QED) is 0.181. The van der Waals surface area contributed by atoms with Gasteiger partial charge in [0.2, 0.25) is 0 Å². The molecule has 53 heavy (non-hydrogen) atoms. The van der Waals surface area contributed by atoms with Crippen LogP contribution in [0.2, 0.25) is 0 Å². The average molecular weight is 680 g/mol. The molecule has 8 aromatic carbocycles. The summed E-state index contributed by atoms with van der Waals surface area (Å²) in [4.78, 5) is 2.29. The van der Waals surface area contributed by atoms with Gasteiger partial charge >= 0.3 is 0 Å². The molecule has 0 unspecified atom stereocenters. The molecule has 1 aliphatic carbocycles. The van der Waals surface area contributed by atoms with E-state index >= 15 is 0 Å². The Hall–Kier alpha value is -6.84. The lowest BCUT2D eigenvalue weighted by molar-refractivity contribution is 0.666. The van der Waals surface area contributed by atoms with E-state index in [4.69, 9.17) is 8.83 Å². The highest BCUT2D eigenvalue weighted by Crippen LogP contribution is 2.53. The minimum Gasteiger partial charge on any atom is -0.456 e. The maximum atomic E-state index is 6.86. The number of benzene rings is 8. The van der Waals surface area contributed by atoms with E-state index < -0.39 is 0 Å². The van der Waals surface area contributed by atoms with E-state index in [1.165, 1.54) is 38.9 Å². The van der Waals surface area contributed by atoms with Gasteiger partial charge in [0.15, 0.2) is 5.58 Å². The monoisotopic (exact) mass is 679 g/mol. The fraction of sp³-hybridized carbons (Fsp3) is 0.0400. The Kier molecular flexibility index (Phi) is 6.38. The molecule has 10 aromatic rings. The third-order valence-electron chi connectivity index (χ3n) is 11.4. The molecule has 0 amide bonds. The van der Waals surface area contributed by atoms with Crippen LogP contribution in [-0.4, -0.2) is 0 Å². The van der Waals surface area contributed by atoms with Gasteiger partial charge in [-0.05, 0) is 94.4 Å². The van der Waals surface area contributed by atoms with Crippen LogP contribution in [0.4, 0.5) is 17.1 Å². The molecule has 0 radical (unpaired) electrons. The zero-order valence-corrected chi connectivity index (χ0v) is 29.1. The first-order valence-corrected chi connectivity index (χ1v) is 18.2. The Morgan fingerprint density at radius 2 is 1.04 bits per heavy atom. The van der Waals surface area contributed by atoms with Gasteiger partial charge in [-0.15, -0.1) is 0 Å². The van der Waals surface area contributed by atoms with E-state index in [-0.39, 0.29) is 5.41 Å². The second-order valence-electron chi connectivity index (χ2n) is 14.2. The van der Waals surface area contributed by atoms with Crippen LogP contribution in [-0.2, 0) is 5.41 Å². The molecule has 0 spiro atoms. The lowest BCUT2D eigenvalue weighted by atomic mass is 9.74. The first-order valence-electron chi connectivity index (χ1n) is 18.2. The normalized spacial score (nSPS) is 13.2. The van der Waals surface area contributed by atoms with Crippen molar-refractivity contribution in [3.05, 3.63) is 199 Å². The van der Waals surface area contributed by atoms with Crippen molar-refractivity contribution >= 4 is 60.9 Å². The SMILES string of the molecule is CC1(c2ccc3oc4c(N(c5ccc(-c6ccccc6)cc5)c5ccc6c(c5)oc5ccccc56)cccc4c3c2)c2ccccc2-c2ccccc21. The smallest absolute Gasteiger partial charge is 0.159 e. The lowest BCUT2D eigenvalue weighted by Gasteiger charge is -2.28. The van der Waals surface area contributed by atoms with Crippen molar-refractivity contribution in [3.8, 4) is 22.3 Å². The second kappa shape index (κ2) is 11.3. The summed E-state index contributed by atoms with van der Waals surface area (Å²) in [6.07, 6.45) is 0. The number of anilines is 3. The molecular formula is C50H33NO2. The average Bonchev–Trinajstić information content (AvgIpc) is 3.87. The summed E-state index contributed by atoms with van der Waals surface area (Å²) in [6.45, 7) is 2.36. The summed E-state index contributed by atoms with van der Waals surface area (Å²) in [5, 5.41) is 4.40. The van der Waals surface area contributed by atoms with Gasteiger partial charge in [-0.25, -0.2) is 0 Å². The van der Waals surface area contributed by atoms with E-state index in [9.17, 15) is 0 Å². The molecule has 0 fully saturated rings. The molecule has 0 N–H and O–H groups in total. The molecule has 250 valence electrons. The number of furan rings is 2. The van der Waals surface area contributed by atoms with Crippen LogP contribution in [0.5, 0.6) is 0 Å². The van der Waals surface area contributed by atoms with Gasteiger partial charge in [-0.1, -0.05) is 127 Å². The Balaban J connectivity index is 1.10. The standard InChI is InChI=1S/C50H33NO2/c1-50(43-18-8-5-14-37(43)38-15-6-9-19-44(38)50)34-24-29-47-42(30-34)41-17-11-20-45(49(41)53-47)51(35-25-22-33(23-26-35)32-12-3-2-4-13-32)36-27-28-40-39-16-7-10-21-46(39)52-48(40)31-36/h2-31H,1H3. The largest absolute Gasteiger partial charge is 0.456 e. The minimum atomic E-state index is -0.295. The molecule has 0 saturated heterocycles. The van der Waals surface area contributed by atoms with Crippen LogP contribution in [0.15, 0.2) is 191 Å². The van der Waals surface area contributed by atoms with Crippen molar-refractivity contribution in [2.45, 2.75) is 12.3 Å². The van der Waals surface area contributed by atoms with E-state index in [1.807, 2.05) is 12.1 Å². The second-order valence-corrected chi connectivity index (χ2v) is 14.2. The predicted molar refractivity (Wildman–Crippen MR) is 219 cm³/mol. The van der Waals surface area contributed by atoms with Crippen molar-refractivity contribution < 1.29 is 8.83 Å². The zero-order valence-electron chi connectivity index (χ0n) is 29.1. The van der Waals surface area contributed by atoms with Gasteiger partial charge in [0.25, 0.3) is 0 Å². The maximum Gasteiger partial charge on any atom is 0.159 e. The molecule has 2 aromatic heterocycles. The Bertz CT molecular complexity index is 2980. The highest BCUT2D eigenvalue weighted by molar-refractivity contribution is 6.11. The third kappa shape index (κ3) is 4.41. The highest BCUT2D eigenvalue weighted by atomic mass is 16.3. The molecule has 1 aliphatic rings. The molecule has 3 nitrogen and oxygen atoms in total. The van der Waals surface area contributed by atoms with Crippen molar-refractivity contribution in [1.82, 2.24) is 0 Å². The zero-order chi connectivity index (χ0) is 35.1. The number of nitrogens with zero attached hydrogens (tertiary/aromatic N) is 1. The van der Waals surface area contributed by atoms with Crippen LogP contribution >= 0.6 is 0 Å². The Morgan fingerprint density at radius 3 is 1.83 bits per heavy atom. The molecular weight excluding hydrogens is 647 g/mol. The number of fused-ring (bicyclic) bond motifs is 9. The van der Waals surface area contributed by atoms with Crippen LogP contribution in [0, 0.1) is 0 Å². The summed E-state index contributed by atoms with van der Waals surface area (Å²) < 4.78 is 13.3. The van der Waals surface area contributed by atoms with Crippen molar-refractivity contribution in [1.29, 1.82) is 0 Å². The molecule has 0 saturated carbocycles. The minimum absolute atomic E-state index is 0.295. The summed E-state index contributed by atoms with van der Waals surface area (Å²) >= 11 is 0. The van der Waals surface area contributed by atoms with E-state index in [0.29, 0.717) is 0 Å². The van der Waals surface area contributed by atoms with Crippen LogP contribution < -0.4 is 4.90 Å². The molecule has 2 heterocycles. The highest BCUT2D eigenvalue weighted by Gasteiger charge is 2.40. The molecule has 3 heteroatoms. The first kappa shape index (κ1) is 29.8. The van der Waals surface area contributed by atoms with Crippen LogP contribution in [0.1, 0.15) is 23.6 Å². The van der Waals surface area contributed by atoms with Crippen LogP contribution in [0.3, 0.4) is 0 Å². The molecule has 11 rings (SSSR count). The van der Waals surface area contributed by atoms with Gasteiger partial charge < -0.3 is 13.7 Å².